The lowest BCUT2D eigenvalue weighted by Gasteiger charge is -2.22. The van der Waals surface area contributed by atoms with E-state index in [1.54, 1.807) is 0 Å². The fourth-order valence-electron chi connectivity index (χ4n) is 7.43. The Bertz CT molecular complexity index is 2720. The summed E-state index contributed by atoms with van der Waals surface area (Å²) in [6.45, 7) is 0. The van der Waals surface area contributed by atoms with Crippen molar-refractivity contribution in [2.24, 2.45) is 9.98 Å². The summed E-state index contributed by atoms with van der Waals surface area (Å²) in [7, 11) is 0. The molecule has 7 aromatic carbocycles. The van der Waals surface area contributed by atoms with Crippen molar-refractivity contribution in [2.75, 3.05) is 0 Å². The van der Waals surface area contributed by atoms with Crippen LogP contribution >= 0.6 is 0 Å². The second-order valence-electron chi connectivity index (χ2n) is 12.6. The monoisotopic (exact) mass is 642 g/mol. The highest BCUT2D eigenvalue weighted by Gasteiger charge is 2.24. The zero-order valence-corrected chi connectivity index (χ0v) is 27.0. The average Bonchev–Trinajstić information content (AvgIpc) is 3.74. The Morgan fingerprint density at radius 3 is 1.86 bits per heavy atom. The third kappa shape index (κ3) is 4.55. The van der Waals surface area contributed by atoms with Gasteiger partial charge >= 0.3 is 0 Å². The zero-order chi connectivity index (χ0) is 33.0. The molecule has 0 fully saturated rings. The summed E-state index contributed by atoms with van der Waals surface area (Å²) in [6.07, 6.45) is -0.470. The predicted molar refractivity (Wildman–Crippen MR) is 205 cm³/mol. The second-order valence-corrected chi connectivity index (χ2v) is 12.6. The smallest absolute Gasteiger partial charge is 0.170 e. The quantitative estimate of drug-likeness (QED) is 0.203. The molecule has 236 valence electrons. The molecule has 0 saturated heterocycles. The van der Waals surface area contributed by atoms with Gasteiger partial charge in [0, 0.05) is 43.9 Å². The van der Waals surface area contributed by atoms with E-state index in [2.05, 4.69) is 131 Å². The first-order valence-corrected chi connectivity index (χ1v) is 16.9. The molecule has 0 atom stereocenters. The lowest BCUT2D eigenvalue weighted by molar-refractivity contribution is 0.667. The molecule has 0 saturated carbocycles. The molecular formula is C45H30N4O. The minimum Gasteiger partial charge on any atom is -0.456 e. The molecule has 0 unspecified atom stereocenters. The number of nitrogens with one attached hydrogen (secondary N) is 1. The summed E-state index contributed by atoms with van der Waals surface area (Å²) < 4.78 is 8.86. The van der Waals surface area contributed by atoms with E-state index in [0.717, 1.165) is 61.6 Å². The van der Waals surface area contributed by atoms with Crippen LogP contribution in [0.25, 0.3) is 60.6 Å². The molecule has 0 bridgehead atoms. The van der Waals surface area contributed by atoms with Gasteiger partial charge in [0.2, 0.25) is 0 Å². The standard InChI is InChI=1S/C45H30N4O/c1-4-14-29(15-5-1)43-46-44(30-16-6-2-7-17-30)48-45(47-43)35-22-13-25-40-42(35)36-28-31(26-27-39(36)50-40)33-21-12-24-38-41(33)34-20-10-11-23-37(34)49(38)32-18-8-3-9-19-32/h1-28,45H,(H,46,47,48). The van der Waals surface area contributed by atoms with E-state index in [4.69, 9.17) is 14.4 Å². The van der Waals surface area contributed by atoms with Gasteiger partial charge in [-0.15, -0.1) is 0 Å². The number of amidine groups is 2. The molecule has 0 amide bonds. The lowest BCUT2D eigenvalue weighted by atomic mass is 9.96. The Kier molecular flexibility index (Phi) is 6.49. The van der Waals surface area contributed by atoms with Crippen molar-refractivity contribution in [2.45, 2.75) is 6.17 Å². The Morgan fingerprint density at radius 1 is 0.480 bits per heavy atom. The molecule has 0 radical (unpaired) electrons. The molecule has 1 aliphatic heterocycles. The maximum Gasteiger partial charge on any atom is 0.170 e. The van der Waals surface area contributed by atoms with Crippen LogP contribution in [-0.2, 0) is 0 Å². The molecule has 2 aromatic heterocycles. The summed E-state index contributed by atoms with van der Waals surface area (Å²) in [6, 6.07) is 59.1. The molecule has 50 heavy (non-hydrogen) atoms. The zero-order valence-electron chi connectivity index (χ0n) is 27.0. The Balaban J connectivity index is 1.18. The minimum atomic E-state index is -0.470. The van der Waals surface area contributed by atoms with E-state index < -0.39 is 6.17 Å². The van der Waals surface area contributed by atoms with E-state index in [1.165, 1.54) is 27.4 Å². The van der Waals surface area contributed by atoms with Crippen molar-refractivity contribution in [1.82, 2.24) is 9.88 Å². The van der Waals surface area contributed by atoms with E-state index >= 15 is 0 Å². The van der Waals surface area contributed by atoms with Crippen molar-refractivity contribution in [3.8, 4) is 16.8 Å². The van der Waals surface area contributed by atoms with Gasteiger partial charge in [-0.05, 0) is 53.6 Å². The summed E-state index contributed by atoms with van der Waals surface area (Å²) in [5, 5.41) is 8.04. The predicted octanol–water partition coefficient (Wildman–Crippen LogP) is 10.8. The van der Waals surface area contributed by atoms with E-state index in [0.29, 0.717) is 0 Å². The lowest BCUT2D eigenvalue weighted by Crippen LogP contribution is -2.36. The van der Waals surface area contributed by atoms with Gasteiger partial charge in [-0.25, -0.2) is 9.98 Å². The van der Waals surface area contributed by atoms with Gasteiger partial charge in [0.05, 0.1) is 11.0 Å². The number of rotatable bonds is 5. The first-order valence-electron chi connectivity index (χ1n) is 16.9. The summed E-state index contributed by atoms with van der Waals surface area (Å²) in [4.78, 5) is 10.4. The molecule has 9 aromatic rings. The first-order chi connectivity index (χ1) is 24.8. The minimum absolute atomic E-state index is 0.470. The topological polar surface area (TPSA) is 54.8 Å². The number of fused-ring (bicyclic) bond motifs is 6. The van der Waals surface area contributed by atoms with Gasteiger partial charge in [-0.3, -0.25) is 0 Å². The third-order valence-electron chi connectivity index (χ3n) is 9.66. The normalized spacial score (nSPS) is 13.5. The maximum atomic E-state index is 6.50. The van der Waals surface area contributed by atoms with Crippen molar-refractivity contribution < 1.29 is 4.42 Å². The van der Waals surface area contributed by atoms with Crippen molar-refractivity contribution in [3.05, 3.63) is 187 Å². The highest BCUT2D eigenvalue weighted by Crippen LogP contribution is 2.42. The van der Waals surface area contributed by atoms with Crippen LogP contribution < -0.4 is 5.32 Å². The number of para-hydroxylation sites is 2. The molecule has 0 spiro atoms. The number of nitrogens with zero attached hydrogens (tertiary/aromatic N) is 3. The fraction of sp³-hybridized carbons (Fsp3) is 0.0222. The number of furan rings is 1. The number of hydrogen-bond donors (Lipinski definition) is 1. The van der Waals surface area contributed by atoms with Gasteiger partial charge in [0.25, 0.3) is 0 Å². The summed E-state index contributed by atoms with van der Waals surface area (Å²) >= 11 is 0. The Hall–Kier alpha value is -6.72. The largest absolute Gasteiger partial charge is 0.456 e. The second kappa shape index (κ2) is 11.5. The molecule has 10 rings (SSSR count). The Labute approximate surface area is 288 Å². The number of aliphatic imine (C=N–C) groups is 2. The summed E-state index contributed by atoms with van der Waals surface area (Å²) in [5.41, 5.74) is 10.5. The average molecular weight is 643 g/mol. The van der Waals surface area contributed by atoms with Crippen LogP contribution in [-0.4, -0.2) is 16.2 Å². The molecule has 5 heteroatoms. The van der Waals surface area contributed by atoms with Crippen molar-refractivity contribution in [1.29, 1.82) is 0 Å². The summed E-state index contributed by atoms with van der Waals surface area (Å²) in [5.74, 6) is 1.58. The van der Waals surface area contributed by atoms with Crippen LogP contribution in [0.15, 0.2) is 184 Å². The molecule has 1 aliphatic rings. The first kappa shape index (κ1) is 28.3. The van der Waals surface area contributed by atoms with Crippen LogP contribution in [0.1, 0.15) is 22.9 Å². The van der Waals surface area contributed by atoms with E-state index in [-0.39, 0.29) is 0 Å². The van der Waals surface area contributed by atoms with Gasteiger partial charge in [-0.2, -0.15) is 0 Å². The molecule has 3 heterocycles. The van der Waals surface area contributed by atoms with Crippen molar-refractivity contribution in [3.63, 3.8) is 0 Å². The molecule has 0 aliphatic carbocycles. The van der Waals surface area contributed by atoms with Crippen LogP contribution in [0, 0.1) is 0 Å². The van der Waals surface area contributed by atoms with Crippen molar-refractivity contribution >= 4 is 55.4 Å². The van der Waals surface area contributed by atoms with Gasteiger partial charge in [-0.1, -0.05) is 127 Å². The van der Waals surface area contributed by atoms with Crippen LogP contribution in [0.3, 0.4) is 0 Å². The Morgan fingerprint density at radius 2 is 1.12 bits per heavy atom. The molecule has 1 N–H and O–H groups in total. The highest BCUT2D eigenvalue weighted by molar-refractivity contribution is 6.18. The maximum absolute atomic E-state index is 6.50. The van der Waals surface area contributed by atoms with Gasteiger partial charge in [0.1, 0.15) is 22.8 Å². The molecular weight excluding hydrogens is 613 g/mol. The SMILES string of the molecule is c1ccc(C2=NC(c3cccc4oc5ccc(-c6cccc7c6c6ccccc6n7-c6ccccc6)cc5c34)N=C(c3ccccc3)N2)cc1. The fourth-order valence-corrected chi connectivity index (χ4v) is 7.43. The van der Waals surface area contributed by atoms with Crippen LogP contribution in [0.4, 0.5) is 0 Å². The van der Waals surface area contributed by atoms with E-state index in [9.17, 15) is 0 Å². The molecule has 5 nitrogen and oxygen atoms in total. The van der Waals surface area contributed by atoms with E-state index in [1.807, 2.05) is 48.5 Å². The van der Waals surface area contributed by atoms with Gasteiger partial charge < -0.3 is 14.3 Å². The number of benzene rings is 7. The third-order valence-corrected chi connectivity index (χ3v) is 9.66. The highest BCUT2D eigenvalue weighted by atomic mass is 16.3. The van der Waals surface area contributed by atoms with Crippen LogP contribution in [0.2, 0.25) is 0 Å². The number of aromatic nitrogens is 1. The van der Waals surface area contributed by atoms with Gasteiger partial charge in [0.15, 0.2) is 6.17 Å². The van der Waals surface area contributed by atoms with Crippen LogP contribution in [0.5, 0.6) is 0 Å². The number of hydrogen-bond acceptors (Lipinski definition) is 4.